The minimum Gasteiger partial charge on any atom is -0.481 e. The first kappa shape index (κ1) is 11.1. The molecule has 16 heavy (non-hydrogen) atoms. The molecule has 6 heteroatoms. The lowest BCUT2D eigenvalue weighted by Crippen LogP contribution is -2.31. The summed E-state index contributed by atoms with van der Waals surface area (Å²) in [6.07, 6.45) is 5.07. The standard InChI is InChI=1S/C10H12ClN3O2/c11-8-5-12-6-9(13-8)14-3-1-2-7(14)4-10(15)16/h5-7H,1-4H2,(H,15,16). The molecule has 1 N–H and O–H groups in total. The van der Waals surface area contributed by atoms with Crippen LogP contribution >= 0.6 is 11.6 Å². The van der Waals surface area contributed by atoms with Gasteiger partial charge in [0, 0.05) is 12.6 Å². The van der Waals surface area contributed by atoms with Gasteiger partial charge >= 0.3 is 5.97 Å². The van der Waals surface area contributed by atoms with Gasteiger partial charge in [0.1, 0.15) is 11.0 Å². The predicted octanol–water partition coefficient (Wildman–Crippen LogP) is 1.57. The summed E-state index contributed by atoms with van der Waals surface area (Å²) in [6.45, 7) is 0.812. The van der Waals surface area contributed by atoms with E-state index in [1.165, 1.54) is 6.20 Å². The van der Waals surface area contributed by atoms with Crippen molar-refractivity contribution in [1.82, 2.24) is 9.97 Å². The van der Waals surface area contributed by atoms with Gasteiger partial charge in [-0.15, -0.1) is 0 Å². The van der Waals surface area contributed by atoms with Gasteiger partial charge in [0.2, 0.25) is 0 Å². The van der Waals surface area contributed by atoms with E-state index in [1.54, 1.807) is 6.20 Å². The monoisotopic (exact) mass is 241 g/mol. The lowest BCUT2D eigenvalue weighted by molar-refractivity contribution is -0.137. The summed E-state index contributed by atoms with van der Waals surface area (Å²) in [5.74, 6) is -0.122. The number of rotatable bonds is 3. The first-order valence-corrected chi connectivity index (χ1v) is 5.50. The molecule has 0 amide bonds. The molecule has 1 unspecified atom stereocenters. The number of carboxylic acid groups (broad SMARTS) is 1. The molecule has 1 aliphatic heterocycles. The van der Waals surface area contributed by atoms with Crippen molar-refractivity contribution in [3.8, 4) is 0 Å². The number of hydrogen-bond acceptors (Lipinski definition) is 4. The number of carboxylic acids is 1. The maximum absolute atomic E-state index is 10.7. The Bertz CT molecular complexity index is 399. The van der Waals surface area contributed by atoms with E-state index >= 15 is 0 Å². The zero-order chi connectivity index (χ0) is 11.5. The molecular formula is C10H12ClN3O2. The molecule has 1 saturated heterocycles. The molecule has 1 aromatic rings. The SMILES string of the molecule is O=C(O)CC1CCCN1c1cncc(Cl)n1. The van der Waals surface area contributed by atoms with Crippen molar-refractivity contribution < 1.29 is 9.90 Å². The van der Waals surface area contributed by atoms with Crippen LogP contribution in [0.4, 0.5) is 5.82 Å². The molecule has 0 saturated carbocycles. The molecule has 0 bridgehead atoms. The zero-order valence-electron chi connectivity index (χ0n) is 8.64. The lowest BCUT2D eigenvalue weighted by Gasteiger charge is -2.24. The topological polar surface area (TPSA) is 66.3 Å². The van der Waals surface area contributed by atoms with Crippen LogP contribution in [0, 0.1) is 0 Å². The van der Waals surface area contributed by atoms with Gasteiger partial charge < -0.3 is 10.0 Å². The Hall–Kier alpha value is -1.36. The van der Waals surface area contributed by atoms with Gasteiger partial charge in [0.25, 0.3) is 0 Å². The summed E-state index contributed by atoms with van der Waals surface area (Å²) in [5.41, 5.74) is 0. The number of aliphatic carboxylic acids is 1. The van der Waals surface area contributed by atoms with E-state index in [9.17, 15) is 4.79 Å². The van der Waals surface area contributed by atoms with Crippen molar-refractivity contribution >= 4 is 23.4 Å². The minimum atomic E-state index is -0.785. The summed E-state index contributed by atoms with van der Waals surface area (Å²) in [5, 5.41) is 9.14. The van der Waals surface area contributed by atoms with E-state index in [-0.39, 0.29) is 12.5 Å². The highest BCUT2D eigenvalue weighted by Gasteiger charge is 2.27. The highest BCUT2D eigenvalue weighted by Crippen LogP contribution is 2.25. The second-order valence-corrected chi connectivity index (χ2v) is 4.17. The zero-order valence-corrected chi connectivity index (χ0v) is 9.39. The van der Waals surface area contributed by atoms with E-state index in [0.29, 0.717) is 11.0 Å². The van der Waals surface area contributed by atoms with Gasteiger partial charge in [-0.3, -0.25) is 9.78 Å². The molecule has 1 aromatic heterocycles. The average molecular weight is 242 g/mol. The van der Waals surface area contributed by atoms with Crippen LogP contribution in [0.25, 0.3) is 0 Å². The summed E-state index contributed by atoms with van der Waals surface area (Å²) in [6, 6.07) is 0.00488. The van der Waals surface area contributed by atoms with Crippen LogP contribution in [-0.4, -0.2) is 33.6 Å². The van der Waals surface area contributed by atoms with Gasteiger partial charge in [-0.1, -0.05) is 11.6 Å². The van der Waals surface area contributed by atoms with E-state index < -0.39 is 5.97 Å². The number of carbonyl (C=O) groups is 1. The van der Waals surface area contributed by atoms with Crippen molar-refractivity contribution in [1.29, 1.82) is 0 Å². The molecule has 2 rings (SSSR count). The third-order valence-corrected chi connectivity index (χ3v) is 2.86. The Morgan fingerprint density at radius 2 is 2.44 bits per heavy atom. The minimum absolute atomic E-state index is 0.00488. The van der Waals surface area contributed by atoms with E-state index in [2.05, 4.69) is 9.97 Å². The van der Waals surface area contributed by atoms with Gasteiger partial charge in [0.05, 0.1) is 18.8 Å². The highest BCUT2D eigenvalue weighted by atomic mass is 35.5. The number of nitrogens with zero attached hydrogens (tertiary/aromatic N) is 3. The molecular weight excluding hydrogens is 230 g/mol. The van der Waals surface area contributed by atoms with Crippen molar-refractivity contribution in [2.45, 2.75) is 25.3 Å². The molecule has 0 aliphatic carbocycles. The van der Waals surface area contributed by atoms with Crippen molar-refractivity contribution in [3.63, 3.8) is 0 Å². The van der Waals surface area contributed by atoms with Crippen LogP contribution in [0.2, 0.25) is 5.15 Å². The summed E-state index contributed by atoms with van der Waals surface area (Å²) >= 11 is 5.76. The van der Waals surface area contributed by atoms with Gasteiger partial charge in [-0.2, -0.15) is 0 Å². The third-order valence-electron chi connectivity index (χ3n) is 2.67. The Kier molecular flexibility index (Phi) is 3.24. The smallest absolute Gasteiger partial charge is 0.305 e. The number of aromatic nitrogens is 2. The van der Waals surface area contributed by atoms with Gasteiger partial charge in [0.15, 0.2) is 0 Å². The molecule has 1 fully saturated rings. The molecule has 0 radical (unpaired) electrons. The highest BCUT2D eigenvalue weighted by molar-refractivity contribution is 6.29. The molecule has 0 aromatic carbocycles. The van der Waals surface area contributed by atoms with Gasteiger partial charge in [-0.25, -0.2) is 4.98 Å². The Balaban J connectivity index is 2.16. The van der Waals surface area contributed by atoms with Crippen molar-refractivity contribution in [2.75, 3.05) is 11.4 Å². The Morgan fingerprint density at radius 1 is 1.62 bits per heavy atom. The number of anilines is 1. The van der Waals surface area contributed by atoms with Crippen molar-refractivity contribution in [2.24, 2.45) is 0 Å². The second-order valence-electron chi connectivity index (χ2n) is 3.79. The molecule has 1 atom stereocenters. The van der Waals surface area contributed by atoms with Gasteiger partial charge in [-0.05, 0) is 12.8 Å². The molecule has 2 heterocycles. The normalized spacial score (nSPS) is 20.1. The predicted molar refractivity (Wildman–Crippen MR) is 59.7 cm³/mol. The molecule has 86 valence electrons. The lowest BCUT2D eigenvalue weighted by atomic mass is 10.1. The quantitative estimate of drug-likeness (QED) is 0.870. The molecule has 1 aliphatic rings. The largest absolute Gasteiger partial charge is 0.481 e. The summed E-state index contributed by atoms with van der Waals surface area (Å²) in [7, 11) is 0. The second kappa shape index (κ2) is 4.65. The van der Waals surface area contributed by atoms with E-state index in [0.717, 1.165) is 19.4 Å². The summed E-state index contributed by atoms with van der Waals surface area (Å²) in [4.78, 5) is 20.8. The number of hydrogen-bond donors (Lipinski definition) is 1. The third kappa shape index (κ3) is 2.41. The maximum atomic E-state index is 10.7. The van der Waals surface area contributed by atoms with Crippen LogP contribution in [0.1, 0.15) is 19.3 Å². The van der Waals surface area contributed by atoms with E-state index in [4.69, 9.17) is 16.7 Å². The molecule has 5 nitrogen and oxygen atoms in total. The first-order chi connectivity index (χ1) is 7.66. The van der Waals surface area contributed by atoms with Crippen LogP contribution < -0.4 is 4.90 Å². The maximum Gasteiger partial charge on any atom is 0.305 e. The average Bonchev–Trinajstić information content (AvgIpc) is 2.65. The summed E-state index contributed by atoms with van der Waals surface area (Å²) < 4.78 is 0. The Labute approximate surface area is 98.1 Å². The fourth-order valence-corrected chi connectivity index (χ4v) is 2.17. The Morgan fingerprint density at radius 3 is 3.12 bits per heavy atom. The van der Waals surface area contributed by atoms with Crippen molar-refractivity contribution in [3.05, 3.63) is 17.5 Å². The van der Waals surface area contributed by atoms with Crippen LogP contribution in [0.3, 0.4) is 0 Å². The number of halogens is 1. The van der Waals surface area contributed by atoms with E-state index in [1.807, 2.05) is 4.90 Å². The van der Waals surface area contributed by atoms with Crippen LogP contribution in [-0.2, 0) is 4.79 Å². The fraction of sp³-hybridized carbons (Fsp3) is 0.500. The fourth-order valence-electron chi connectivity index (χ4n) is 2.02. The van der Waals surface area contributed by atoms with Crippen LogP contribution in [0.15, 0.2) is 12.4 Å². The first-order valence-electron chi connectivity index (χ1n) is 5.13. The van der Waals surface area contributed by atoms with Crippen LogP contribution in [0.5, 0.6) is 0 Å². The molecule has 0 spiro atoms.